The van der Waals surface area contributed by atoms with Crippen molar-refractivity contribution >= 4 is 40.9 Å². The number of anilines is 2. The summed E-state index contributed by atoms with van der Waals surface area (Å²) in [5, 5.41) is 15.6. The molecule has 0 saturated carbocycles. The number of ether oxygens (including phenoxy) is 2. The van der Waals surface area contributed by atoms with Crippen molar-refractivity contribution in [1.82, 2.24) is 5.43 Å². The van der Waals surface area contributed by atoms with Crippen LogP contribution in [0.1, 0.15) is 11.1 Å². The molecule has 0 aromatic heterocycles. The highest BCUT2D eigenvalue weighted by atomic mass is 16.6. The molecular formula is C26H22N4O7. The summed E-state index contributed by atoms with van der Waals surface area (Å²) in [7, 11) is 1.28. The van der Waals surface area contributed by atoms with Crippen molar-refractivity contribution in [2.24, 2.45) is 0 Å². The van der Waals surface area contributed by atoms with Crippen LogP contribution in [-0.2, 0) is 14.4 Å². The molecule has 188 valence electrons. The van der Waals surface area contributed by atoms with Crippen LogP contribution in [0.15, 0.2) is 72.3 Å². The predicted molar refractivity (Wildman–Crippen MR) is 135 cm³/mol. The first kappa shape index (κ1) is 24.9. The van der Waals surface area contributed by atoms with Crippen LogP contribution in [0.5, 0.6) is 11.5 Å². The van der Waals surface area contributed by atoms with Crippen molar-refractivity contribution in [1.29, 1.82) is 0 Å². The summed E-state index contributed by atoms with van der Waals surface area (Å²) in [6.07, 6.45) is 1.23. The maximum absolute atomic E-state index is 12.9. The van der Waals surface area contributed by atoms with E-state index in [1.54, 1.807) is 42.5 Å². The zero-order chi connectivity index (χ0) is 26.5. The lowest BCUT2D eigenvalue weighted by Crippen LogP contribution is -2.35. The van der Waals surface area contributed by atoms with E-state index in [0.717, 1.165) is 16.6 Å². The molecule has 3 aromatic rings. The van der Waals surface area contributed by atoms with Gasteiger partial charge in [-0.25, -0.2) is 5.01 Å². The number of rotatable bonds is 8. The molecule has 0 radical (unpaired) electrons. The van der Waals surface area contributed by atoms with Crippen LogP contribution in [0.3, 0.4) is 0 Å². The van der Waals surface area contributed by atoms with Gasteiger partial charge in [-0.2, -0.15) is 0 Å². The molecule has 1 heterocycles. The Balaban J connectivity index is 1.59. The van der Waals surface area contributed by atoms with Gasteiger partial charge in [-0.3, -0.25) is 29.9 Å². The zero-order valence-electron chi connectivity index (χ0n) is 19.9. The van der Waals surface area contributed by atoms with Crippen molar-refractivity contribution in [2.75, 3.05) is 24.0 Å². The number of carbonyl (C=O) groups is 3. The van der Waals surface area contributed by atoms with Gasteiger partial charge in [0, 0.05) is 11.8 Å². The van der Waals surface area contributed by atoms with Crippen molar-refractivity contribution in [3.63, 3.8) is 0 Å². The van der Waals surface area contributed by atoms with Crippen molar-refractivity contribution < 1.29 is 28.8 Å². The number of nitrogens with one attached hydrogen (secondary N) is 2. The van der Waals surface area contributed by atoms with Gasteiger partial charge in [-0.1, -0.05) is 36.4 Å². The lowest BCUT2D eigenvalue weighted by molar-refractivity contribution is -0.385. The van der Waals surface area contributed by atoms with Crippen LogP contribution in [0.4, 0.5) is 17.1 Å². The second-order valence-corrected chi connectivity index (χ2v) is 7.96. The van der Waals surface area contributed by atoms with E-state index in [1.165, 1.54) is 19.3 Å². The standard InChI is InChI=1S/C26H22N4O7/c1-16-8-6-7-11-20(16)27-23(31)15-37-24-21(30(34)35)13-17(14-22(24)36-2)12-19-25(32)28-29(26(19)33)18-9-4-3-5-10-18/h3-14H,15H2,1-2H3,(H,27,31)(H,28,32)/b19-12-. The fourth-order valence-electron chi connectivity index (χ4n) is 3.64. The van der Waals surface area contributed by atoms with Gasteiger partial charge < -0.3 is 14.8 Å². The highest BCUT2D eigenvalue weighted by Crippen LogP contribution is 2.39. The van der Waals surface area contributed by atoms with E-state index in [2.05, 4.69) is 10.7 Å². The largest absolute Gasteiger partial charge is 0.493 e. The average Bonchev–Trinajstić information content (AvgIpc) is 3.17. The van der Waals surface area contributed by atoms with Gasteiger partial charge in [0.05, 0.1) is 17.7 Å². The van der Waals surface area contributed by atoms with Crippen LogP contribution in [0.2, 0.25) is 0 Å². The molecule has 3 amide bonds. The Morgan fingerprint density at radius 1 is 1.11 bits per heavy atom. The molecule has 11 nitrogen and oxygen atoms in total. The predicted octanol–water partition coefficient (Wildman–Crippen LogP) is 3.39. The van der Waals surface area contributed by atoms with E-state index >= 15 is 0 Å². The van der Waals surface area contributed by atoms with Gasteiger partial charge in [0.15, 0.2) is 12.4 Å². The van der Waals surface area contributed by atoms with Crippen LogP contribution in [-0.4, -0.2) is 36.4 Å². The van der Waals surface area contributed by atoms with E-state index in [1.807, 2.05) is 19.1 Å². The smallest absolute Gasteiger partial charge is 0.315 e. The van der Waals surface area contributed by atoms with Crippen LogP contribution in [0, 0.1) is 17.0 Å². The molecule has 3 aromatic carbocycles. The molecule has 1 aliphatic heterocycles. The van der Waals surface area contributed by atoms with Gasteiger partial charge in [0.25, 0.3) is 17.7 Å². The van der Waals surface area contributed by atoms with Gasteiger partial charge in [0.2, 0.25) is 5.75 Å². The summed E-state index contributed by atoms with van der Waals surface area (Å²) in [4.78, 5) is 48.9. The third kappa shape index (κ3) is 5.40. The Morgan fingerprint density at radius 3 is 2.49 bits per heavy atom. The molecule has 4 rings (SSSR count). The third-order valence-corrected chi connectivity index (χ3v) is 5.46. The molecule has 0 spiro atoms. The van der Waals surface area contributed by atoms with Crippen LogP contribution >= 0.6 is 0 Å². The number of methoxy groups -OCH3 is 1. The summed E-state index contributed by atoms with van der Waals surface area (Å²) < 4.78 is 10.8. The Hall–Kier alpha value is -5.19. The number of amides is 3. The van der Waals surface area contributed by atoms with Crippen molar-refractivity contribution in [3.05, 3.63) is 93.5 Å². The van der Waals surface area contributed by atoms with E-state index in [4.69, 9.17) is 9.47 Å². The normalized spacial score (nSPS) is 13.9. The summed E-state index contributed by atoms with van der Waals surface area (Å²) >= 11 is 0. The van der Waals surface area contributed by atoms with Gasteiger partial charge in [0.1, 0.15) is 5.57 Å². The number of hydrazine groups is 1. The molecule has 1 saturated heterocycles. The van der Waals surface area contributed by atoms with Gasteiger partial charge >= 0.3 is 5.69 Å². The number of aryl methyl sites for hydroxylation is 1. The number of hydrogen-bond donors (Lipinski definition) is 2. The minimum atomic E-state index is -0.702. The molecule has 37 heavy (non-hydrogen) atoms. The molecule has 0 atom stereocenters. The summed E-state index contributed by atoms with van der Waals surface area (Å²) in [6.45, 7) is 1.31. The minimum Gasteiger partial charge on any atom is -0.493 e. The zero-order valence-corrected chi connectivity index (χ0v) is 19.9. The fourth-order valence-corrected chi connectivity index (χ4v) is 3.64. The third-order valence-electron chi connectivity index (χ3n) is 5.46. The van der Waals surface area contributed by atoms with Crippen molar-refractivity contribution in [3.8, 4) is 11.5 Å². The quantitative estimate of drug-likeness (QED) is 0.208. The highest BCUT2D eigenvalue weighted by molar-refractivity contribution is 6.31. The lowest BCUT2D eigenvalue weighted by Gasteiger charge is -2.14. The molecule has 1 aliphatic rings. The average molecular weight is 502 g/mol. The first-order valence-corrected chi connectivity index (χ1v) is 11.1. The number of benzene rings is 3. The summed E-state index contributed by atoms with van der Waals surface area (Å²) in [5.41, 5.74) is 3.80. The number of hydrogen-bond acceptors (Lipinski definition) is 7. The Bertz CT molecular complexity index is 1420. The Morgan fingerprint density at radius 2 is 1.81 bits per heavy atom. The molecule has 0 aliphatic carbocycles. The topological polar surface area (TPSA) is 140 Å². The lowest BCUT2D eigenvalue weighted by atomic mass is 10.1. The monoisotopic (exact) mass is 502 g/mol. The molecular weight excluding hydrogens is 480 g/mol. The SMILES string of the molecule is COc1cc(/C=C2/C(=O)NN(c3ccccc3)C2=O)cc([N+](=O)[O-])c1OCC(=O)Nc1ccccc1C. The summed E-state index contributed by atoms with van der Waals surface area (Å²) in [5.74, 6) is -2.11. The fraction of sp³-hybridized carbons (Fsp3) is 0.115. The molecule has 11 heteroatoms. The van der Waals surface area contributed by atoms with Crippen LogP contribution < -0.4 is 25.2 Å². The number of nitrogens with zero attached hydrogens (tertiary/aromatic N) is 2. The van der Waals surface area contributed by atoms with Crippen molar-refractivity contribution in [2.45, 2.75) is 6.92 Å². The van der Waals surface area contributed by atoms with E-state index in [9.17, 15) is 24.5 Å². The van der Waals surface area contributed by atoms with Gasteiger partial charge in [-0.05, 0) is 48.4 Å². The van der Waals surface area contributed by atoms with E-state index < -0.39 is 34.9 Å². The maximum Gasteiger partial charge on any atom is 0.315 e. The van der Waals surface area contributed by atoms with Gasteiger partial charge in [-0.15, -0.1) is 0 Å². The molecule has 0 unspecified atom stereocenters. The molecule has 0 bridgehead atoms. The second-order valence-electron chi connectivity index (χ2n) is 7.96. The number of para-hydroxylation sites is 2. The number of nitro benzene ring substituents is 1. The number of carbonyl (C=O) groups excluding carboxylic acids is 3. The highest BCUT2D eigenvalue weighted by Gasteiger charge is 2.35. The minimum absolute atomic E-state index is 0.0458. The second kappa shape index (κ2) is 10.6. The molecule has 2 N–H and O–H groups in total. The maximum atomic E-state index is 12.9. The first-order chi connectivity index (χ1) is 17.8. The van der Waals surface area contributed by atoms with E-state index in [-0.39, 0.29) is 22.6 Å². The van der Waals surface area contributed by atoms with Crippen LogP contribution in [0.25, 0.3) is 6.08 Å². The Labute approximate surface area is 211 Å². The number of nitro groups is 1. The summed E-state index contributed by atoms with van der Waals surface area (Å²) in [6, 6.07) is 18.1. The molecule has 1 fully saturated rings. The Kier molecular flexibility index (Phi) is 7.14. The first-order valence-electron chi connectivity index (χ1n) is 11.1. The van der Waals surface area contributed by atoms with E-state index in [0.29, 0.717) is 11.4 Å².